The predicted octanol–water partition coefficient (Wildman–Crippen LogP) is 2.75. The fourth-order valence-electron chi connectivity index (χ4n) is 3.21. The summed E-state index contributed by atoms with van der Waals surface area (Å²) in [7, 11) is 2.20. The fraction of sp³-hybridized carbons (Fsp3) is 0.667. The van der Waals surface area contributed by atoms with Crippen LogP contribution >= 0.6 is 0 Å². The highest BCUT2D eigenvalue weighted by molar-refractivity contribution is 5.29. The monoisotopic (exact) mass is 290 g/mol. The Morgan fingerprint density at radius 1 is 1.14 bits per heavy atom. The van der Waals surface area contributed by atoms with E-state index in [4.69, 9.17) is 0 Å². The second-order valence-corrected chi connectivity index (χ2v) is 7.24. The lowest BCUT2D eigenvalue weighted by atomic mass is 9.98. The summed E-state index contributed by atoms with van der Waals surface area (Å²) >= 11 is 0. The van der Waals surface area contributed by atoms with Crippen molar-refractivity contribution in [3.05, 3.63) is 34.9 Å². The first kappa shape index (κ1) is 16.5. The van der Waals surface area contributed by atoms with Gasteiger partial charge in [0.2, 0.25) is 0 Å². The average molecular weight is 290 g/mol. The summed E-state index contributed by atoms with van der Waals surface area (Å²) in [6, 6.07) is 6.36. The van der Waals surface area contributed by atoms with E-state index >= 15 is 0 Å². The van der Waals surface area contributed by atoms with E-state index in [9.17, 15) is 5.11 Å². The molecule has 3 nitrogen and oxygen atoms in total. The Hall–Kier alpha value is -0.900. The molecule has 1 aliphatic heterocycles. The van der Waals surface area contributed by atoms with Gasteiger partial charge in [0.25, 0.3) is 0 Å². The van der Waals surface area contributed by atoms with Gasteiger partial charge >= 0.3 is 0 Å². The van der Waals surface area contributed by atoms with Crippen LogP contribution in [0.3, 0.4) is 0 Å². The molecule has 1 saturated heterocycles. The Morgan fingerprint density at radius 2 is 1.76 bits per heavy atom. The normalized spacial score (nSPS) is 21.4. The van der Waals surface area contributed by atoms with Crippen LogP contribution in [0.5, 0.6) is 0 Å². The molecule has 0 aliphatic carbocycles. The molecule has 1 aromatic carbocycles. The number of piperazine rings is 1. The first-order chi connectivity index (χ1) is 9.78. The number of rotatable bonds is 4. The van der Waals surface area contributed by atoms with Gasteiger partial charge in [-0.1, -0.05) is 29.3 Å². The van der Waals surface area contributed by atoms with E-state index in [-0.39, 0.29) is 11.6 Å². The second kappa shape index (κ2) is 6.47. The van der Waals surface area contributed by atoms with Crippen LogP contribution in [0.15, 0.2) is 18.2 Å². The van der Waals surface area contributed by atoms with Gasteiger partial charge in [0, 0.05) is 31.7 Å². The van der Waals surface area contributed by atoms with Crippen molar-refractivity contribution in [2.24, 2.45) is 0 Å². The summed E-state index contributed by atoms with van der Waals surface area (Å²) in [5.74, 6) is 0. The van der Waals surface area contributed by atoms with Crippen LogP contribution in [0.4, 0.5) is 0 Å². The summed E-state index contributed by atoms with van der Waals surface area (Å²) in [6.07, 6.45) is 0.453. The number of hydrogen-bond acceptors (Lipinski definition) is 3. The molecule has 0 saturated carbocycles. The van der Waals surface area contributed by atoms with Crippen molar-refractivity contribution in [3.8, 4) is 0 Å². The van der Waals surface area contributed by atoms with Crippen LogP contribution < -0.4 is 0 Å². The molecule has 1 unspecified atom stereocenters. The SMILES string of the molecule is Cc1cc(C)cc(C(O)CCN2CCN(C)C(C)(C)C2)c1. The van der Waals surface area contributed by atoms with Crippen molar-refractivity contribution in [3.63, 3.8) is 0 Å². The van der Waals surface area contributed by atoms with Gasteiger partial charge in [-0.3, -0.25) is 4.90 Å². The summed E-state index contributed by atoms with van der Waals surface area (Å²) in [6.45, 7) is 13.0. The van der Waals surface area contributed by atoms with Gasteiger partial charge in [0.15, 0.2) is 0 Å². The number of hydrogen-bond donors (Lipinski definition) is 1. The average Bonchev–Trinajstić information content (AvgIpc) is 2.38. The molecule has 0 amide bonds. The van der Waals surface area contributed by atoms with Gasteiger partial charge in [-0.05, 0) is 46.7 Å². The molecule has 118 valence electrons. The summed E-state index contributed by atoms with van der Waals surface area (Å²) in [4.78, 5) is 4.90. The number of likely N-dealkylation sites (N-methyl/N-ethyl adjacent to an activating group) is 1. The Balaban J connectivity index is 1.91. The van der Waals surface area contributed by atoms with E-state index in [0.29, 0.717) is 0 Å². The molecule has 1 heterocycles. The van der Waals surface area contributed by atoms with Crippen LogP contribution in [0.2, 0.25) is 0 Å². The van der Waals surface area contributed by atoms with Crippen molar-refractivity contribution in [2.45, 2.75) is 45.8 Å². The summed E-state index contributed by atoms with van der Waals surface area (Å²) < 4.78 is 0. The van der Waals surface area contributed by atoms with Gasteiger partial charge in [0.1, 0.15) is 0 Å². The van der Waals surface area contributed by atoms with Gasteiger partial charge in [-0.15, -0.1) is 0 Å². The van der Waals surface area contributed by atoms with Gasteiger partial charge in [0.05, 0.1) is 6.10 Å². The van der Waals surface area contributed by atoms with Gasteiger partial charge < -0.3 is 10.0 Å². The zero-order chi connectivity index (χ0) is 15.6. The van der Waals surface area contributed by atoms with Crippen LogP contribution in [0.25, 0.3) is 0 Å². The molecule has 1 N–H and O–H groups in total. The molecule has 0 bridgehead atoms. The second-order valence-electron chi connectivity index (χ2n) is 7.24. The lowest BCUT2D eigenvalue weighted by molar-refractivity contribution is 0.0313. The molecule has 1 aromatic rings. The van der Waals surface area contributed by atoms with Gasteiger partial charge in [-0.2, -0.15) is 0 Å². The maximum absolute atomic E-state index is 10.4. The van der Waals surface area contributed by atoms with Crippen LogP contribution in [-0.4, -0.2) is 53.7 Å². The first-order valence-corrected chi connectivity index (χ1v) is 7.98. The molecule has 1 fully saturated rings. The standard InChI is InChI=1S/C18H30N2O/c1-14-10-15(2)12-16(11-14)17(21)6-7-20-9-8-19(5)18(3,4)13-20/h10-12,17,21H,6-9,13H2,1-5H3. The first-order valence-electron chi connectivity index (χ1n) is 7.98. The van der Waals surface area contributed by atoms with Gasteiger partial charge in [-0.25, -0.2) is 0 Å². The van der Waals surface area contributed by atoms with Crippen LogP contribution in [0, 0.1) is 13.8 Å². The Bertz CT molecular complexity index is 464. The highest BCUT2D eigenvalue weighted by Crippen LogP contribution is 2.23. The Kier molecular flexibility index (Phi) is 5.07. The third-order valence-electron chi connectivity index (χ3n) is 4.74. The topological polar surface area (TPSA) is 26.7 Å². The zero-order valence-corrected chi connectivity index (χ0v) is 14.2. The molecule has 1 atom stereocenters. The summed E-state index contributed by atoms with van der Waals surface area (Å²) in [5, 5.41) is 10.4. The number of nitrogens with zero attached hydrogens (tertiary/aromatic N) is 2. The van der Waals surface area contributed by atoms with Crippen molar-refractivity contribution >= 4 is 0 Å². The lowest BCUT2D eigenvalue weighted by Crippen LogP contribution is -2.57. The van der Waals surface area contributed by atoms with Crippen molar-refractivity contribution in [2.75, 3.05) is 33.2 Å². The fourth-order valence-corrected chi connectivity index (χ4v) is 3.21. The highest BCUT2D eigenvalue weighted by Gasteiger charge is 2.30. The number of aliphatic hydroxyl groups excluding tert-OH is 1. The molecule has 1 aliphatic rings. The molecular weight excluding hydrogens is 260 g/mol. The maximum atomic E-state index is 10.4. The van der Waals surface area contributed by atoms with Crippen molar-refractivity contribution in [1.29, 1.82) is 0 Å². The molecule has 2 rings (SSSR count). The molecule has 3 heteroatoms. The Morgan fingerprint density at radius 3 is 2.33 bits per heavy atom. The number of aliphatic hydroxyl groups is 1. The van der Waals surface area contributed by atoms with Crippen LogP contribution in [0.1, 0.15) is 43.1 Å². The predicted molar refractivity (Wildman–Crippen MR) is 88.6 cm³/mol. The minimum atomic E-state index is -0.355. The van der Waals surface area contributed by atoms with Crippen molar-refractivity contribution in [1.82, 2.24) is 9.80 Å². The maximum Gasteiger partial charge on any atom is 0.0802 e. The van der Waals surface area contributed by atoms with E-state index in [0.717, 1.165) is 38.2 Å². The van der Waals surface area contributed by atoms with Crippen LogP contribution in [-0.2, 0) is 0 Å². The molecule has 0 aromatic heterocycles. The zero-order valence-electron chi connectivity index (χ0n) is 14.2. The van der Waals surface area contributed by atoms with E-state index in [2.05, 4.69) is 62.7 Å². The molecule has 21 heavy (non-hydrogen) atoms. The molecular formula is C18H30N2O. The number of benzene rings is 1. The highest BCUT2D eigenvalue weighted by atomic mass is 16.3. The van der Waals surface area contributed by atoms with E-state index in [1.54, 1.807) is 0 Å². The van der Waals surface area contributed by atoms with E-state index < -0.39 is 0 Å². The van der Waals surface area contributed by atoms with E-state index in [1.165, 1.54) is 11.1 Å². The largest absolute Gasteiger partial charge is 0.388 e. The van der Waals surface area contributed by atoms with E-state index in [1.807, 2.05) is 0 Å². The Labute approximate surface area is 129 Å². The van der Waals surface area contributed by atoms with Crippen molar-refractivity contribution < 1.29 is 5.11 Å². The third kappa shape index (κ3) is 4.29. The number of aryl methyl sites for hydroxylation is 2. The lowest BCUT2D eigenvalue weighted by Gasteiger charge is -2.45. The molecule has 0 radical (unpaired) electrons. The summed E-state index contributed by atoms with van der Waals surface area (Å²) in [5.41, 5.74) is 3.73. The minimum absolute atomic E-state index is 0.225. The minimum Gasteiger partial charge on any atom is -0.388 e. The smallest absolute Gasteiger partial charge is 0.0802 e. The molecule has 0 spiro atoms. The quantitative estimate of drug-likeness (QED) is 0.923. The third-order valence-corrected chi connectivity index (χ3v) is 4.74.